The maximum Gasteiger partial charge on any atom is 0.172 e. The van der Waals surface area contributed by atoms with Gasteiger partial charge in [0.05, 0.1) is 16.4 Å². The molecule has 5 nitrogen and oxygen atoms in total. The average Bonchev–Trinajstić information content (AvgIpc) is 3.14. The molecule has 2 heterocycles. The normalized spacial score (nSPS) is 11.4. The summed E-state index contributed by atoms with van der Waals surface area (Å²) in [5.74, 6) is 0.888. The average molecular weight is 564 g/mol. The van der Waals surface area contributed by atoms with Gasteiger partial charge in [0, 0.05) is 34.2 Å². The summed E-state index contributed by atoms with van der Waals surface area (Å²) in [5.41, 5.74) is 3.76. The Morgan fingerprint density at radius 2 is 1.84 bits per heavy atom. The molecule has 0 amide bonds. The molecule has 0 aliphatic rings. The van der Waals surface area contributed by atoms with Crippen molar-refractivity contribution >= 4 is 54.9 Å². The van der Waals surface area contributed by atoms with Gasteiger partial charge in [0.25, 0.3) is 0 Å². The first-order chi connectivity index (χ1) is 15.0. The predicted molar refractivity (Wildman–Crippen MR) is 135 cm³/mol. The molecular weight excluding hydrogens is 542 g/mol. The van der Waals surface area contributed by atoms with Gasteiger partial charge in [0.1, 0.15) is 5.82 Å². The second kappa shape index (κ2) is 10.1. The Balaban J connectivity index is 1.45. The Bertz CT molecular complexity index is 1190. The predicted octanol–water partition coefficient (Wildman–Crippen LogP) is 6.51. The Hall–Kier alpha value is -1.93. The van der Waals surface area contributed by atoms with E-state index < -0.39 is 0 Å². The monoisotopic (exact) mass is 561 g/mol. The molecule has 4 rings (SSSR count). The van der Waals surface area contributed by atoms with Gasteiger partial charge in [0.15, 0.2) is 5.65 Å². The van der Waals surface area contributed by atoms with Gasteiger partial charge in [-0.25, -0.2) is 4.98 Å². The number of hydrogen-bond acceptors (Lipinski definition) is 4. The lowest BCUT2D eigenvalue weighted by atomic mass is 10.1. The zero-order chi connectivity index (χ0) is 21.8. The quantitative estimate of drug-likeness (QED) is 0.248. The third-order valence-corrected chi connectivity index (χ3v) is 6.66. The van der Waals surface area contributed by atoms with Crippen molar-refractivity contribution in [2.45, 2.75) is 13.0 Å². The molecule has 0 saturated carbocycles. The van der Waals surface area contributed by atoms with Crippen molar-refractivity contribution in [3.05, 3.63) is 80.3 Å². The molecule has 2 aromatic heterocycles. The maximum atomic E-state index is 6.41. The van der Waals surface area contributed by atoms with E-state index in [1.165, 1.54) is 5.56 Å². The molecule has 2 aromatic carbocycles. The van der Waals surface area contributed by atoms with Crippen LogP contribution in [0.4, 0.5) is 5.82 Å². The van der Waals surface area contributed by atoms with E-state index in [4.69, 9.17) is 16.6 Å². The van der Waals surface area contributed by atoms with Crippen molar-refractivity contribution in [2.24, 2.45) is 0 Å². The minimum absolute atomic E-state index is 0.676. The molecule has 1 N–H and O–H groups in total. The van der Waals surface area contributed by atoms with Crippen molar-refractivity contribution in [3.63, 3.8) is 0 Å². The molecule has 0 aliphatic heterocycles. The van der Waals surface area contributed by atoms with E-state index in [9.17, 15) is 0 Å². The largest absolute Gasteiger partial charge is 0.370 e. The minimum atomic E-state index is 0.676. The summed E-state index contributed by atoms with van der Waals surface area (Å²) in [5, 5.41) is 8.65. The molecule has 0 bridgehead atoms. The highest BCUT2D eigenvalue weighted by Crippen LogP contribution is 2.30. The maximum absolute atomic E-state index is 6.41. The molecule has 8 heteroatoms. The Morgan fingerprint density at radius 3 is 2.65 bits per heavy atom. The van der Waals surface area contributed by atoms with Crippen LogP contribution in [-0.2, 0) is 6.54 Å². The Morgan fingerprint density at radius 1 is 1.06 bits per heavy atom. The minimum Gasteiger partial charge on any atom is -0.370 e. The molecule has 160 valence electrons. The van der Waals surface area contributed by atoms with E-state index in [-0.39, 0.29) is 0 Å². The first-order valence-corrected chi connectivity index (χ1v) is 11.9. The van der Waals surface area contributed by atoms with Crippen LogP contribution in [0.25, 0.3) is 16.9 Å². The zero-order valence-corrected chi connectivity index (χ0v) is 21.0. The topological polar surface area (TPSA) is 45.5 Å². The second-order valence-corrected chi connectivity index (χ2v) is 9.46. The van der Waals surface area contributed by atoms with Crippen molar-refractivity contribution in [1.82, 2.24) is 19.5 Å². The van der Waals surface area contributed by atoms with Gasteiger partial charge in [-0.2, -0.15) is 9.61 Å². The highest BCUT2D eigenvalue weighted by Gasteiger charge is 2.13. The summed E-state index contributed by atoms with van der Waals surface area (Å²) in [6, 6.07) is 18.1. The van der Waals surface area contributed by atoms with Gasteiger partial charge >= 0.3 is 0 Å². The smallest absolute Gasteiger partial charge is 0.172 e. The molecule has 4 aromatic rings. The van der Waals surface area contributed by atoms with E-state index in [0.717, 1.165) is 57.7 Å². The van der Waals surface area contributed by atoms with Crippen LogP contribution in [0.2, 0.25) is 5.02 Å². The molecule has 0 saturated heterocycles. The van der Waals surface area contributed by atoms with E-state index >= 15 is 0 Å². The summed E-state index contributed by atoms with van der Waals surface area (Å²) < 4.78 is 3.81. The third-order valence-electron chi connectivity index (χ3n) is 5.00. The van der Waals surface area contributed by atoms with Gasteiger partial charge < -0.3 is 10.2 Å². The first-order valence-electron chi connectivity index (χ1n) is 9.98. The highest BCUT2D eigenvalue weighted by molar-refractivity contribution is 9.11. The molecule has 0 fully saturated rings. The van der Waals surface area contributed by atoms with Crippen molar-refractivity contribution in [1.29, 1.82) is 0 Å². The van der Waals surface area contributed by atoms with E-state index in [0.29, 0.717) is 5.02 Å². The summed E-state index contributed by atoms with van der Waals surface area (Å²) in [6.45, 7) is 2.70. The second-order valence-electron chi connectivity index (χ2n) is 7.34. The van der Waals surface area contributed by atoms with Crippen LogP contribution in [0, 0.1) is 0 Å². The van der Waals surface area contributed by atoms with Crippen LogP contribution in [0.15, 0.2) is 69.7 Å². The fourth-order valence-corrected chi connectivity index (χ4v) is 4.42. The van der Waals surface area contributed by atoms with E-state index in [1.807, 2.05) is 40.9 Å². The first kappa shape index (κ1) is 22.3. The van der Waals surface area contributed by atoms with Crippen LogP contribution < -0.4 is 5.32 Å². The summed E-state index contributed by atoms with van der Waals surface area (Å²) in [6.07, 6.45) is 2.75. The van der Waals surface area contributed by atoms with Crippen LogP contribution >= 0.6 is 43.5 Å². The molecule has 31 heavy (non-hydrogen) atoms. The lowest BCUT2D eigenvalue weighted by molar-refractivity contribution is 0.325. The number of hydrogen-bond donors (Lipinski definition) is 1. The Kier molecular flexibility index (Phi) is 7.27. The Labute approximate surface area is 203 Å². The molecule has 0 atom stereocenters. The van der Waals surface area contributed by atoms with Gasteiger partial charge in [-0.15, -0.1) is 0 Å². The number of fused-ring (bicyclic) bond motifs is 1. The van der Waals surface area contributed by atoms with Crippen LogP contribution in [-0.4, -0.2) is 39.6 Å². The fourth-order valence-electron chi connectivity index (χ4n) is 3.43. The molecule has 0 unspecified atom stereocenters. The van der Waals surface area contributed by atoms with Gasteiger partial charge in [-0.05, 0) is 53.6 Å². The van der Waals surface area contributed by atoms with Crippen LogP contribution in [0.3, 0.4) is 0 Å². The SMILES string of the molecule is CN(CCCNc1cc(-c2ccccc2Cl)nc2c(Br)cnn12)Cc1ccccc1Br. The standard InChI is InChI=1S/C23H22Br2ClN5/c1-30(15-16-7-2-4-9-18(16)24)12-6-11-27-22-13-21(17-8-3-5-10-20(17)26)29-23-19(25)14-28-31(22)23/h2-5,7-10,13-14,27H,6,11-12,15H2,1H3. The third kappa shape index (κ3) is 5.29. The van der Waals surface area contributed by atoms with Gasteiger partial charge in [0.2, 0.25) is 0 Å². The number of nitrogens with one attached hydrogen (secondary N) is 1. The molecule has 0 spiro atoms. The van der Waals surface area contributed by atoms with Crippen molar-refractivity contribution < 1.29 is 0 Å². The highest BCUT2D eigenvalue weighted by atomic mass is 79.9. The summed E-state index contributed by atoms with van der Waals surface area (Å²) in [4.78, 5) is 7.08. The fraction of sp³-hybridized carbons (Fsp3) is 0.217. The molecular formula is C23H22Br2ClN5. The lowest BCUT2D eigenvalue weighted by Gasteiger charge is -2.18. The van der Waals surface area contributed by atoms with Crippen LogP contribution in [0.5, 0.6) is 0 Å². The zero-order valence-electron chi connectivity index (χ0n) is 17.0. The number of rotatable bonds is 8. The van der Waals surface area contributed by atoms with E-state index in [1.54, 1.807) is 6.20 Å². The molecule has 0 aliphatic carbocycles. The number of benzene rings is 2. The van der Waals surface area contributed by atoms with Crippen LogP contribution in [0.1, 0.15) is 12.0 Å². The number of halogens is 3. The summed E-state index contributed by atoms with van der Waals surface area (Å²) >= 11 is 13.6. The molecule has 0 radical (unpaired) electrons. The number of anilines is 1. The van der Waals surface area contributed by atoms with Gasteiger partial charge in [-0.3, -0.25) is 0 Å². The van der Waals surface area contributed by atoms with Gasteiger partial charge in [-0.1, -0.05) is 63.9 Å². The summed E-state index contributed by atoms with van der Waals surface area (Å²) in [7, 11) is 2.14. The number of aromatic nitrogens is 3. The van der Waals surface area contributed by atoms with Crippen molar-refractivity contribution in [2.75, 3.05) is 25.5 Å². The van der Waals surface area contributed by atoms with E-state index in [2.05, 4.69) is 72.4 Å². The number of nitrogens with zero attached hydrogens (tertiary/aromatic N) is 4. The van der Waals surface area contributed by atoms with Crippen molar-refractivity contribution in [3.8, 4) is 11.3 Å². The lowest BCUT2D eigenvalue weighted by Crippen LogP contribution is -2.21.